The average Bonchev–Trinajstić information content (AvgIpc) is 4.18. The monoisotopic (exact) mass is 1040 g/mol. The number of rotatable bonds is 3. The third-order valence-electron chi connectivity index (χ3n) is 17.1. The molecular weight excluding hydrogens is 997 g/mol. The Balaban J connectivity index is 0.870. The van der Waals surface area contributed by atoms with Crippen molar-refractivity contribution < 1.29 is 28.4 Å². The summed E-state index contributed by atoms with van der Waals surface area (Å²) < 4.78 is 47.8. The van der Waals surface area contributed by atoms with Gasteiger partial charge in [0, 0.05) is 58.2 Å². The topological polar surface area (TPSA) is 55.4 Å². The molecule has 6 nitrogen and oxygen atoms in total. The molecule has 0 unspecified atom stereocenters. The third-order valence-corrected chi connectivity index (χ3v) is 19.5. The van der Waals surface area contributed by atoms with Crippen LogP contribution in [0.3, 0.4) is 0 Å². The van der Waals surface area contributed by atoms with Crippen molar-refractivity contribution >= 4 is 111 Å². The van der Waals surface area contributed by atoms with Crippen LogP contribution >= 0.6 is 22.7 Å². The zero-order valence-corrected chi connectivity index (χ0v) is 44.0. The predicted octanol–water partition coefficient (Wildman–Crippen LogP) is 12.2. The van der Waals surface area contributed by atoms with Crippen molar-refractivity contribution in [2.45, 2.75) is 20.8 Å². The Kier molecular flexibility index (Phi) is 8.66. The van der Waals surface area contributed by atoms with Crippen LogP contribution in [0, 0.1) is 20.8 Å². The Labute approximate surface area is 458 Å². The van der Waals surface area contributed by atoms with E-state index in [0.29, 0.717) is 0 Å². The molecule has 18 rings (SSSR count). The fourth-order valence-corrected chi connectivity index (χ4v) is 16.0. The molecule has 11 heteroatoms. The van der Waals surface area contributed by atoms with Crippen LogP contribution in [0.5, 0.6) is 69.0 Å². The van der Waals surface area contributed by atoms with E-state index in [2.05, 4.69) is 203 Å². The number of thiophene rings is 2. The fourth-order valence-electron chi connectivity index (χ4n) is 13.5. The zero-order chi connectivity index (χ0) is 51.2. The molecule has 0 bridgehead atoms. The summed E-state index contributed by atoms with van der Waals surface area (Å²) in [6.45, 7) is 5.86. The van der Waals surface area contributed by atoms with Crippen LogP contribution in [0.1, 0.15) is 16.7 Å². The molecule has 0 saturated carbocycles. The first-order valence-electron chi connectivity index (χ1n) is 26.5. The molecule has 364 valence electrons. The number of fused-ring (bicyclic) bond motifs is 16. The summed E-state index contributed by atoms with van der Waals surface area (Å²) in [5.74, 6) is 9.57. The lowest BCUT2D eigenvalue weighted by Gasteiger charge is -2.37. The summed E-state index contributed by atoms with van der Waals surface area (Å²) in [5.41, 5.74) is 17.4. The van der Waals surface area contributed by atoms with Crippen molar-refractivity contribution in [1.29, 1.82) is 0 Å². The highest BCUT2D eigenvalue weighted by molar-refractivity contribution is 7.33. The van der Waals surface area contributed by atoms with Crippen LogP contribution in [-0.4, -0.2) is 20.1 Å². The lowest BCUT2D eigenvalue weighted by molar-refractivity contribution is 0.449. The predicted molar refractivity (Wildman–Crippen MR) is 321 cm³/mol. The highest BCUT2D eigenvalue weighted by atomic mass is 32.1. The first-order chi connectivity index (χ1) is 38.3. The minimum absolute atomic E-state index is 0.162. The van der Waals surface area contributed by atoms with Crippen molar-refractivity contribution in [1.82, 2.24) is 0 Å². The minimum Gasteiger partial charge on any atom is -0.458 e. The average molecular weight is 1040 g/mol. The highest BCUT2D eigenvalue weighted by Crippen LogP contribution is 2.48. The smallest absolute Gasteiger partial charge is 0.273 e. The molecule has 0 atom stereocenters. The van der Waals surface area contributed by atoms with Gasteiger partial charge in [0.2, 0.25) is 0 Å². The standard InChI is InChI=1S/C67H39B3O6S2/c1-34-14-4-7-17-40(34)37-24-53-61-54(25-37)72-50-33-52-48(70-63-56(74-52)27-39(42-19-9-6-16-36(42)3)29-58(63)76-65-44-21-11-13-23-60(44)78-67(65)70)31-46(50)68(61)45-30-47-51(32-49(45)71-53)73-55-26-38(41-18-8-5-15-35(41)2)28-57-62(55)69(47)66-64(75-57)43-20-10-12-22-59(43)77-66/h4-33H,1-3H3. The molecule has 0 fully saturated rings. The van der Waals surface area contributed by atoms with Crippen molar-refractivity contribution in [2.75, 3.05) is 0 Å². The van der Waals surface area contributed by atoms with Gasteiger partial charge in [0.05, 0.1) is 0 Å². The molecule has 12 aromatic rings. The zero-order valence-electron chi connectivity index (χ0n) is 42.3. The molecule has 6 aliphatic heterocycles. The summed E-state index contributed by atoms with van der Waals surface area (Å²) in [6.07, 6.45) is 0. The Morgan fingerprint density at radius 2 is 0.603 bits per heavy atom. The van der Waals surface area contributed by atoms with E-state index in [1.165, 1.54) is 26.1 Å². The summed E-state index contributed by atoms with van der Waals surface area (Å²) in [6, 6.07) is 64.9. The molecule has 0 spiro atoms. The van der Waals surface area contributed by atoms with Gasteiger partial charge in [-0.25, -0.2) is 0 Å². The summed E-state index contributed by atoms with van der Waals surface area (Å²) >= 11 is 3.60. The normalized spacial score (nSPS) is 13.9. The van der Waals surface area contributed by atoms with Gasteiger partial charge in [0.1, 0.15) is 69.0 Å². The largest absolute Gasteiger partial charge is 0.458 e. The van der Waals surface area contributed by atoms with Gasteiger partial charge in [-0.2, -0.15) is 0 Å². The number of hydrogen-bond donors (Lipinski definition) is 0. The van der Waals surface area contributed by atoms with Crippen molar-refractivity contribution in [3.63, 3.8) is 0 Å². The molecule has 0 aliphatic carbocycles. The number of hydrogen-bond acceptors (Lipinski definition) is 8. The second-order valence-electron chi connectivity index (χ2n) is 21.5. The molecular formula is C67H39B3O6S2. The van der Waals surface area contributed by atoms with E-state index >= 15 is 0 Å². The second-order valence-corrected chi connectivity index (χ2v) is 23.6. The Morgan fingerprint density at radius 3 is 0.974 bits per heavy atom. The SMILES string of the molecule is Cc1ccccc1-c1cc2c3c(c1)Oc1cc4c(cc1B3c1cc3c(cc1O2)Oc1cc(-c2ccccc2C)cc2c1B3c1sc3ccccc3c1O2)B1c2sc3ccccc3c2Oc2cc(-c3ccccc3C)cc(c21)O4. The van der Waals surface area contributed by atoms with E-state index in [1.54, 1.807) is 22.7 Å². The maximum atomic E-state index is 7.27. The van der Waals surface area contributed by atoms with E-state index in [4.69, 9.17) is 28.4 Å². The molecule has 0 N–H and O–H groups in total. The fraction of sp³-hybridized carbons (Fsp3) is 0.0448. The van der Waals surface area contributed by atoms with Crippen LogP contribution in [0.2, 0.25) is 0 Å². The molecule has 0 amide bonds. The quantitative estimate of drug-likeness (QED) is 0.164. The number of ether oxygens (including phenoxy) is 6. The molecule has 2 aromatic heterocycles. The molecule has 0 radical (unpaired) electrons. The maximum Gasteiger partial charge on any atom is 0.273 e. The van der Waals surface area contributed by atoms with Crippen molar-refractivity contribution in [3.8, 4) is 102 Å². The van der Waals surface area contributed by atoms with Gasteiger partial charge in [-0.05, 0) is 153 Å². The van der Waals surface area contributed by atoms with Crippen LogP contribution in [-0.2, 0) is 0 Å². The van der Waals surface area contributed by atoms with E-state index in [-0.39, 0.29) is 20.1 Å². The number of benzene rings is 10. The second kappa shape index (κ2) is 15.6. The van der Waals surface area contributed by atoms with E-state index in [0.717, 1.165) is 161 Å². The van der Waals surface area contributed by atoms with Crippen LogP contribution < -0.4 is 76.2 Å². The molecule has 0 saturated heterocycles. The van der Waals surface area contributed by atoms with Gasteiger partial charge in [-0.3, -0.25) is 0 Å². The Morgan fingerprint density at radius 1 is 0.295 bits per heavy atom. The maximum absolute atomic E-state index is 7.27. The van der Waals surface area contributed by atoms with Crippen LogP contribution in [0.25, 0.3) is 53.6 Å². The summed E-state index contributed by atoms with van der Waals surface area (Å²) in [4.78, 5) is 0. The minimum atomic E-state index is -0.277. The van der Waals surface area contributed by atoms with Crippen LogP contribution in [0.4, 0.5) is 0 Å². The van der Waals surface area contributed by atoms with Gasteiger partial charge in [-0.1, -0.05) is 109 Å². The Hall–Kier alpha value is -8.89. The molecule has 6 aliphatic rings. The molecule has 8 heterocycles. The van der Waals surface area contributed by atoms with E-state index < -0.39 is 0 Å². The van der Waals surface area contributed by atoms with Gasteiger partial charge in [0.15, 0.2) is 0 Å². The van der Waals surface area contributed by atoms with Gasteiger partial charge in [0.25, 0.3) is 20.1 Å². The van der Waals surface area contributed by atoms with Crippen molar-refractivity contribution in [2.24, 2.45) is 0 Å². The highest BCUT2D eigenvalue weighted by Gasteiger charge is 2.49. The number of aryl methyl sites for hydroxylation is 3. The van der Waals surface area contributed by atoms with Crippen molar-refractivity contribution in [3.05, 3.63) is 199 Å². The van der Waals surface area contributed by atoms with E-state index in [9.17, 15) is 0 Å². The van der Waals surface area contributed by atoms with Crippen LogP contribution in [0.15, 0.2) is 182 Å². The summed E-state index contributed by atoms with van der Waals surface area (Å²) in [5, 5.41) is 2.22. The lowest BCUT2D eigenvalue weighted by atomic mass is 9.31. The molecule has 78 heavy (non-hydrogen) atoms. The molecule has 10 aromatic carbocycles. The lowest BCUT2D eigenvalue weighted by Crippen LogP contribution is -2.62. The Bertz CT molecular complexity index is 4460. The van der Waals surface area contributed by atoms with Gasteiger partial charge < -0.3 is 28.4 Å². The summed E-state index contributed by atoms with van der Waals surface area (Å²) in [7, 11) is 0. The van der Waals surface area contributed by atoms with Gasteiger partial charge >= 0.3 is 0 Å². The third kappa shape index (κ3) is 5.95. The first kappa shape index (κ1) is 43.2. The van der Waals surface area contributed by atoms with E-state index in [1.807, 2.05) is 0 Å². The first-order valence-corrected chi connectivity index (χ1v) is 28.2. The van der Waals surface area contributed by atoms with Gasteiger partial charge in [-0.15, -0.1) is 22.7 Å².